The van der Waals surface area contributed by atoms with Gasteiger partial charge in [-0.15, -0.1) is 0 Å². The summed E-state index contributed by atoms with van der Waals surface area (Å²) in [6.07, 6.45) is 0.413. The number of imide groups is 1. The second-order valence-corrected chi connectivity index (χ2v) is 15.1. The number of aliphatic hydroxyl groups is 1. The minimum atomic E-state index is -0.687. The van der Waals surface area contributed by atoms with Gasteiger partial charge in [0, 0.05) is 18.0 Å². The lowest BCUT2D eigenvalue weighted by atomic mass is 9.89. The number of likely N-dealkylation sites (tertiary alicyclic amines) is 1. The number of rotatable bonds is 9. The molecule has 2 amide bonds. The Hall–Kier alpha value is -4.67. The number of hydrogen-bond acceptors (Lipinski definition) is 8. The number of carbonyl (C=O) groups is 3. The molecule has 2 fully saturated rings. The zero-order valence-electron chi connectivity index (χ0n) is 30.2. The SMILES string of the molecule is C[C@H]1[C@@H](CN2CCC[C@H]2C(=O)OC(C)(C)C)O[C@@H](c2cccc(-c3cccc(CN4C(=O)c5ccccc5C4=O)c3)c2)O[C@H]1c1ccc(CO)cc1. The van der Waals surface area contributed by atoms with Crippen molar-refractivity contribution in [2.24, 2.45) is 5.92 Å². The molecule has 0 aliphatic carbocycles. The monoisotopic (exact) mass is 702 g/mol. The Kier molecular flexibility index (Phi) is 10.1. The maximum Gasteiger partial charge on any atom is 0.323 e. The molecule has 5 atom stereocenters. The molecule has 2 saturated heterocycles. The van der Waals surface area contributed by atoms with E-state index in [1.165, 1.54) is 4.90 Å². The Morgan fingerprint density at radius 3 is 2.17 bits per heavy atom. The van der Waals surface area contributed by atoms with E-state index in [2.05, 4.69) is 17.9 Å². The van der Waals surface area contributed by atoms with Crippen LogP contribution in [0.25, 0.3) is 11.1 Å². The second kappa shape index (κ2) is 14.8. The fourth-order valence-corrected chi connectivity index (χ4v) is 7.52. The predicted molar refractivity (Wildman–Crippen MR) is 196 cm³/mol. The molecule has 9 nitrogen and oxygen atoms in total. The number of benzene rings is 4. The Morgan fingerprint density at radius 1 is 0.827 bits per heavy atom. The number of nitrogens with zero attached hydrogens (tertiary/aromatic N) is 2. The molecule has 3 aliphatic rings. The van der Waals surface area contributed by atoms with Gasteiger partial charge in [0.2, 0.25) is 0 Å². The number of ether oxygens (including phenoxy) is 3. The van der Waals surface area contributed by atoms with Crippen LogP contribution in [0.5, 0.6) is 0 Å². The molecular weight excluding hydrogens is 656 g/mol. The summed E-state index contributed by atoms with van der Waals surface area (Å²) >= 11 is 0. The summed E-state index contributed by atoms with van der Waals surface area (Å²) < 4.78 is 19.3. The van der Waals surface area contributed by atoms with Gasteiger partial charge in [0.15, 0.2) is 6.29 Å². The molecule has 0 radical (unpaired) electrons. The minimum absolute atomic E-state index is 0.0387. The quantitative estimate of drug-likeness (QED) is 0.144. The lowest BCUT2D eigenvalue weighted by Crippen LogP contribution is -2.48. The highest BCUT2D eigenvalue weighted by molar-refractivity contribution is 6.21. The van der Waals surface area contributed by atoms with E-state index in [4.69, 9.17) is 14.2 Å². The molecule has 0 unspecified atom stereocenters. The van der Waals surface area contributed by atoms with E-state index in [9.17, 15) is 19.5 Å². The maximum atomic E-state index is 13.2. The summed E-state index contributed by atoms with van der Waals surface area (Å²) in [6, 6.07) is 30.4. The Labute approximate surface area is 305 Å². The van der Waals surface area contributed by atoms with Crippen molar-refractivity contribution < 1.29 is 33.7 Å². The van der Waals surface area contributed by atoms with Crippen LogP contribution in [0.2, 0.25) is 0 Å². The molecule has 1 N–H and O–H groups in total. The van der Waals surface area contributed by atoms with Crippen LogP contribution in [-0.4, -0.2) is 63.5 Å². The number of aliphatic hydroxyl groups excluding tert-OH is 1. The fraction of sp³-hybridized carbons (Fsp3) is 0.372. The lowest BCUT2D eigenvalue weighted by Gasteiger charge is -2.43. The Balaban J connectivity index is 1.14. The van der Waals surface area contributed by atoms with Crippen LogP contribution in [0.3, 0.4) is 0 Å². The number of hydrogen-bond donors (Lipinski definition) is 1. The van der Waals surface area contributed by atoms with Crippen LogP contribution in [0.15, 0.2) is 97.1 Å². The average molecular weight is 703 g/mol. The van der Waals surface area contributed by atoms with Crippen molar-refractivity contribution in [1.29, 1.82) is 0 Å². The van der Waals surface area contributed by atoms with Gasteiger partial charge in [0.05, 0.1) is 36.5 Å². The van der Waals surface area contributed by atoms with Crippen LogP contribution in [0, 0.1) is 5.92 Å². The van der Waals surface area contributed by atoms with Gasteiger partial charge in [-0.05, 0) is 92.2 Å². The molecule has 4 aromatic carbocycles. The molecule has 270 valence electrons. The van der Waals surface area contributed by atoms with Crippen molar-refractivity contribution in [2.45, 2.75) is 83.8 Å². The van der Waals surface area contributed by atoms with E-state index in [0.29, 0.717) is 17.7 Å². The molecule has 0 saturated carbocycles. The number of amides is 2. The summed E-state index contributed by atoms with van der Waals surface area (Å²) in [5.41, 5.74) is 5.69. The van der Waals surface area contributed by atoms with Crippen molar-refractivity contribution in [2.75, 3.05) is 13.1 Å². The van der Waals surface area contributed by atoms with Crippen LogP contribution in [0.4, 0.5) is 0 Å². The molecular formula is C43H46N2O7. The Bertz CT molecular complexity index is 1920. The highest BCUT2D eigenvalue weighted by atomic mass is 16.7. The van der Waals surface area contributed by atoms with Crippen molar-refractivity contribution in [3.8, 4) is 11.1 Å². The van der Waals surface area contributed by atoms with Gasteiger partial charge in [-0.3, -0.25) is 24.2 Å². The summed E-state index contributed by atoms with van der Waals surface area (Å²) in [6.45, 7) is 9.27. The topological polar surface area (TPSA) is 106 Å². The van der Waals surface area contributed by atoms with Crippen LogP contribution < -0.4 is 0 Å². The molecule has 0 aromatic heterocycles. The number of carbonyl (C=O) groups excluding carboxylic acids is 3. The van der Waals surface area contributed by atoms with E-state index in [1.807, 2.05) is 87.5 Å². The summed E-state index contributed by atoms with van der Waals surface area (Å²) in [5.74, 6) is -0.806. The van der Waals surface area contributed by atoms with E-state index in [0.717, 1.165) is 52.8 Å². The lowest BCUT2D eigenvalue weighted by molar-refractivity contribution is -0.276. The molecule has 52 heavy (non-hydrogen) atoms. The van der Waals surface area contributed by atoms with Crippen molar-refractivity contribution >= 4 is 17.8 Å². The zero-order chi connectivity index (χ0) is 36.6. The highest BCUT2D eigenvalue weighted by Gasteiger charge is 2.42. The molecule has 3 heterocycles. The first-order chi connectivity index (χ1) is 25.0. The Morgan fingerprint density at radius 2 is 1.50 bits per heavy atom. The van der Waals surface area contributed by atoms with E-state index in [-0.39, 0.29) is 55.1 Å². The van der Waals surface area contributed by atoms with Gasteiger partial charge in [0.25, 0.3) is 11.8 Å². The molecule has 7 rings (SSSR count). The normalized spacial score (nSPS) is 23.6. The molecule has 9 heteroatoms. The van der Waals surface area contributed by atoms with Crippen LogP contribution in [0.1, 0.15) is 95.9 Å². The fourth-order valence-electron chi connectivity index (χ4n) is 7.52. The first-order valence-corrected chi connectivity index (χ1v) is 18.1. The van der Waals surface area contributed by atoms with E-state index < -0.39 is 11.9 Å². The number of esters is 1. The molecule has 3 aliphatic heterocycles. The highest BCUT2D eigenvalue weighted by Crippen LogP contribution is 2.43. The third-order valence-electron chi connectivity index (χ3n) is 10.2. The van der Waals surface area contributed by atoms with Crippen LogP contribution in [-0.2, 0) is 32.2 Å². The molecule has 4 aromatic rings. The first-order valence-electron chi connectivity index (χ1n) is 18.1. The van der Waals surface area contributed by atoms with Gasteiger partial charge in [0.1, 0.15) is 11.6 Å². The summed E-state index contributed by atoms with van der Waals surface area (Å²) in [7, 11) is 0. The van der Waals surface area contributed by atoms with Crippen molar-refractivity contribution in [3.05, 3.63) is 130 Å². The molecule has 0 bridgehead atoms. The second-order valence-electron chi connectivity index (χ2n) is 15.1. The van der Waals surface area contributed by atoms with Gasteiger partial charge >= 0.3 is 5.97 Å². The van der Waals surface area contributed by atoms with E-state index >= 15 is 0 Å². The van der Waals surface area contributed by atoms with Crippen molar-refractivity contribution in [3.63, 3.8) is 0 Å². The number of fused-ring (bicyclic) bond motifs is 1. The third-order valence-corrected chi connectivity index (χ3v) is 10.2. The van der Waals surface area contributed by atoms with Crippen LogP contribution >= 0.6 is 0 Å². The zero-order valence-corrected chi connectivity index (χ0v) is 30.2. The van der Waals surface area contributed by atoms with Gasteiger partial charge in [-0.25, -0.2) is 0 Å². The average Bonchev–Trinajstić information content (AvgIpc) is 3.70. The summed E-state index contributed by atoms with van der Waals surface area (Å²) in [4.78, 5) is 42.8. The first kappa shape index (κ1) is 35.7. The maximum absolute atomic E-state index is 13.2. The standard InChI is InChI=1S/C43H46N2O7/c1-27-37(25-44-21-9-16-36(44)41(49)52-43(2,3)4)50-42(51-38(27)30-19-17-28(26-46)18-20-30)33-13-8-12-32(23-33)31-11-7-10-29(22-31)24-45-39(47)34-14-5-6-15-35(34)40(45)48/h5-8,10-15,17-20,22-23,27,36-38,42,46H,9,16,21,24-26H2,1-4H3/t27-,36-,37+,38+,42+/m0/s1. The third kappa shape index (κ3) is 7.45. The predicted octanol–water partition coefficient (Wildman–Crippen LogP) is 7.24. The molecule has 0 spiro atoms. The van der Waals surface area contributed by atoms with Gasteiger partial charge in [-0.1, -0.05) is 79.7 Å². The minimum Gasteiger partial charge on any atom is -0.459 e. The van der Waals surface area contributed by atoms with Gasteiger partial charge in [-0.2, -0.15) is 0 Å². The van der Waals surface area contributed by atoms with Crippen molar-refractivity contribution in [1.82, 2.24) is 9.80 Å². The largest absolute Gasteiger partial charge is 0.459 e. The summed E-state index contributed by atoms with van der Waals surface area (Å²) in [5, 5.41) is 9.66. The van der Waals surface area contributed by atoms with E-state index in [1.54, 1.807) is 24.3 Å². The van der Waals surface area contributed by atoms with Gasteiger partial charge < -0.3 is 19.3 Å². The smallest absolute Gasteiger partial charge is 0.323 e.